The van der Waals surface area contributed by atoms with Gasteiger partial charge in [-0.25, -0.2) is 24.5 Å². The van der Waals surface area contributed by atoms with Crippen LogP contribution in [0.2, 0.25) is 0 Å². The van der Waals surface area contributed by atoms with Gasteiger partial charge in [0.05, 0.1) is 42.1 Å². The lowest BCUT2D eigenvalue weighted by molar-refractivity contribution is 1.18. The first-order valence-corrected chi connectivity index (χ1v) is 26.5. The summed E-state index contributed by atoms with van der Waals surface area (Å²) < 4.78 is 2.34. The van der Waals surface area contributed by atoms with Crippen molar-refractivity contribution in [3.05, 3.63) is 313 Å². The Labute approximate surface area is 470 Å². The molecule has 378 valence electrons. The molecule has 0 bridgehead atoms. The van der Waals surface area contributed by atoms with Crippen LogP contribution in [0, 0.1) is 19.7 Å². The molecule has 11 aromatic carbocycles. The average Bonchev–Trinajstić information content (AvgIpc) is 4.14. The van der Waals surface area contributed by atoms with E-state index in [1.807, 2.05) is 146 Å². The zero-order valence-corrected chi connectivity index (χ0v) is 43.6. The Hall–Kier alpha value is -11.6. The maximum Gasteiger partial charge on any atom is 0.195 e. The molecule has 2 heterocycles. The van der Waals surface area contributed by atoms with Gasteiger partial charge in [-0.15, -0.1) is 0 Å². The molecular formula is C73H46N8. The number of rotatable bonds is 12. The molecule has 0 aliphatic carbocycles. The third kappa shape index (κ3) is 9.57. The van der Waals surface area contributed by atoms with Gasteiger partial charge in [-0.05, 0) is 137 Å². The van der Waals surface area contributed by atoms with E-state index in [-0.39, 0.29) is 0 Å². The van der Waals surface area contributed by atoms with Crippen molar-refractivity contribution >= 4 is 73.0 Å². The quantitative estimate of drug-likeness (QED) is 0.114. The van der Waals surface area contributed by atoms with E-state index in [0.29, 0.717) is 22.9 Å². The fraction of sp³-hybridized carbons (Fsp3) is 0. The molecule has 0 radical (unpaired) electrons. The number of benzene rings is 11. The van der Waals surface area contributed by atoms with Crippen molar-refractivity contribution in [1.82, 2.24) is 14.5 Å². The third-order valence-corrected chi connectivity index (χ3v) is 14.6. The fourth-order valence-electron chi connectivity index (χ4n) is 10.7. The maximum absolute atomic E-state index is 8.30. The van der Waals surface area contributed by atoms with E-state index in [2.05, 4.69) is 162 Å². The van der Waals surface area contributed by atoms with E-state index in [1.54, 1.807) is 0 Å². The lowest BCUT2D eigenvalue weighted by atomic mass is 9.97. The van der Waals surface area contributed by atoms with Gasteiger partial charge in [0.1, 0.15) is 0 Å². The van der Waals surface area contributed by atoms with Crippen LogP contribution in [0.3, 0.4) is 0 Å². The van der Waals surface area contributed by atoms with Gasteiger partial charge >= 0.3 is 0 Å². The molecule has 81 heavy (non-hydrogen) atoms. The van der Waals surface area contributed by atoms with Crippen LogP contribution in [-0.4, -0.2) is 14.5 Å². The van der Waals surface area contributed by atoms with E-state index < -0.39 is 0 Å². The molecule has 0 saturated heterocycles. The van der Waals surface area contributed by atoms with Crippen molar-refractivity contribution < 1.29 is 0 Å². The summed E-state index contributed by atoms with van der Waals surface area (Å²) >= 11 is 0. The van der Waals surface area contributed by atoms with E-state index in [4.69, 9.17) is 29.7 Å². The Morgan fingerprint density at radius 3 is 1.20 bits per heavy atom. The molecule has 0 fully saturated rings. The minimum Gasteiger partial charge on any atom is -0.311 e. The summed E-state index contributed by atoms with van der Waals surface area (Å²) in [6.07, 6.45) is 0. The van der Waals surface area contributed by atoms with E-state index in [1.165, 1.54) is 0 Å². The normalized spacial score (nSPS) is 10.9. The van der Waals surface area contributed by atoms with Crippen LogP contribution in [0.1, 0.15) is 0 Å². The van der Waals surface area contributed by atoms with Gasteiger partial charge in [0.2, 0.25) is 0 Å². The Morgan fingerprint density at radius 2 is 0.716 bits per heavy atom. The van der Waals surface area contributed by atoms with E-state index in [9.17, 15) is 0 Å². The minimum absolute atomic E-state index is 0.544. The summed E-state index contributed by atoms with van der Waals surface area (Å²) in [6.45, 7) is 23.6. The average molecular weight is 1040 g/mol. The van der Waals surface area contributed by atoms with Gasteiger partial charge in [-0.3, -0.25) is 0 Å². The van der Waals surface area contributed by atoms with E-state index in [0.717, 1.165) is 112 Å². The second-order valence-corrected chi connectivity index (χ2v) is 19.5. The summed E-state index contributed by atoms with van der Waals surface area (Å²) in [7, 11) is 0. The summed E-state index contributed by atoms with van der Waals surface area (Å²) in [5.41, 5.74) is 18.8. The first-order valence-electron chi connectivity index (χ1n) is 26.5. The summed E-state index contributed by atoms with van der Waals surface area (Å²) in [5, 5.41) is 2.13. The van der Waals surface area contributed by atoms with Gasteiger partial charge in [0, 0.05) is 61.7 Å². The highest BCUT2D eigenvalue weighted by atomic mass is 15.2. The Kier molecular flexibility index (Phi) is 12.9. The topological polar surface area (TPSA) is 50.3 Å². The monoisotopic (exact) mass is 1030 g/mol. The van der Waals surface area contributed by atoms with Crippen molar-refractivity contribution in [3.8, 4) is 61.8 Å². The SMILES string of the molecule is [C-]#[N+]c1ccc(N(c2ccc([N+]#[C-])cc2)c2ccc3c(c2)c2cc(N(c4ccccc4)c4ccccc4)ccc2n3-c2ccc(-c3ccc(-c4ccc(-c5cc(-c6ccccc6)nc(-c6ccccc6)n5)cc4[N+]#[C-])cc3)cc2)cc1. The minimum atomic E-state index is 0.544. The molecule has 0 aliphatic rings. The Bertz CT molecular complexity index is 4400. The Morgan fingerprint density at radius 1 is 0.309 bits per heavy atom. The number of para-hydroxylation sites is 2. The predicted octanol–water partition coefficient (Wildman–Crippen LogP) is 20.5. The molecule has 0 saturated carbocycles. The standard InChI is InChI=1S/C73H46N8/c1-74-56-31-37-60(38-32-56)80(61-39-33-57(75-2)34-40-61)64-42-45-72-67(48-64)66-47-63(79(58-20-12-6-13-21-58)59-22-14-7-15-23-59)41-44-71(66)81(72)62-35-28-51(29-36-62)50-24-26-52(27-25-50)65-43-30-55(46-70(65)76-3)69-49-68(53-16-8-4-9-17-53)77-73(78-69)54-18-10-5-11-19-54/h4-49H. The smallest absolute Gasteiger partial charge is 0.195 e. The first kappa shape index (κ1) is 49.0. The largest absolute Gasteiger partial charge is 0.311 e. The lowest BCUT2D eigenvalue weighted by Gasteiger charge is -2.26. The number of nitrogens with zero attached hydrogens (tertiary/aromatic N) is 8. The third-order valence-electron chi connectivity index (χ3n) is 14.6. The van der Waals surface area contributed by atoms with Crippen molar-refractivity contribution in [2.45, 2.75) is 0 Å². The molecule has 0 N–H and O–H groups in total. The molecule has 13 rings (SSSR count). The summed E-state index contributed by atoms with van der Waals surface area (Å²) in [5.74, 6) is 0.628. The van der Waals surface area contributed by atoms with Crippen LogP contribution in [0.5, 0.6) is 0 Å². The molecule has 8 heteroatoms. The molecule has 2 aromatic heterocycles. The zero-order chi connectivity index (χ0) is 54.7. The maximum atomic E-state index is 8.30. The fourth-order valence-corrected chi connectivity index (χ4v) is 10.7. The molecule has 13 aromatic rings. The van der Waals surface area contributed by atoms with Crippen LogP contribution in [0.15, 0.2) is 279 Å². The molecule has 0 spiro atoms. The van der Waals surface area contributed by atoms with Crippen molar-refractivity contribution in [1.29, 1.82) is 0 Å². The van der Waals surface area contributed by atoms with Gasteiger partial charge in [-0.1, -0.05) is 170 Å². The zero-order valence-electron chi connectivity index (χ0n) is 43.6. The second kappa shape index (κ2) is 21.4. The second-order valence-electron chi connectivity index (χ2n) is 19.5. The van der Waals surface area contributed by atoms with Gasteiger partial charge in [-0.2, -0.15) is 0 Å². The van der Waals surface area contributed by atoms with Gasteiger partial charge < -0.3 is 14.4 Å². The van der Waals surface area contributed by atoms with Crippen LogP contribution >= 0.6 is 0 Å². The highest BCUT2D eigenvalue weighted by Crippen LogP contribution is 2.44. The van der Waals surface area contributed by atoms with Gasteiger partial charge in [0.25, 0.3) is 0 Å². The predicted molar refractivity (Wildman–Crippen MR) is 332 cm³/mol. The summed E-state index contributed by atoms with van der Waals surface area (Å²) in [6, 6.07) is 94.7. The molecular weight excluding hydrogens is 989 g/mol. The number of aromatic nitrogens is 3. The lowest BCUT2D eigenvalue weighted by Crippen LogP contribution is -2.09. The van der Waals surface area contributed by atoms with E-state index >= 15 is 0 Å². The first-order chi connectivity index (χ1) is 40.0. The van der Waals surface area contributed by atoms with Crippen molar-refractivity contribution in [2.24, 2.45) is 0 Å². The number of fused-ring (bicyclic) bond motifs is 3. The highest BCUT2D eigenvalue weighted by molar-refractivity contribution is 6.12. The summed E-state index contributed by atoms with van der Waals surface area (Å²) in [4.78, 5) is 25.8. The van der Waals surface area contributed by atoms with Crippen LogP contribution in [0.4, 0.5) is 51.2 Å². The Balaban J connectivity index is 0.870. The molecule has 0 amide bonds. The highest BCUT2D eigenvalue weighted by Gasteiger charge is 2.21. The number of anilines is 6. The molecule has 8 nitrogen and oxygen atoms in total. The molecule has 0 atom stereocenters. The van der Waals surface area contributed by atoms with Crippen LogP contribution < -0.4 is 9.80 Å². The van der Waals surface area contributed by atoms with Crippen molar-refractivity contribution in [3.63, 3.8) is 0 Å². The van der Waals surface area contributed by atoms with Gasteiger partial charge in [0.15, 0.2) is 22.9 Å². The van der Waals surface area contributed by atoms with Crippen molar-refractivity contribution in [2.75, 3.05) is 9.80 Å². The molecule has 0 unspecified atom stereocenters. The van der Waals surface area contributed by atoms with Crippen LogP contribution in [-0.2, 0) is 0 Å². The van der Waals surface area contributed by atoms with Crippen LogP contribution in [0.25, 0.3) is 98.2 Å². The number of hydrogen-bond acceptors (Lipinski definition) is 4. The number of hydrogen-bond donors (Lipinski definition) is 0. The molecule has 0 aliphatic heterocycles.